The Bertz CT molecular complexity index is 1960. The number of alkyl halides is 1. The third-order valence-electron chi connectivity index (χ3n) is 7.49. The number of fused-ring (bicyclic) bond motifs is 4. The highest BCUT2D eigenvalue weighted by Gasteiger charge is 2.53. The summed E-state index contributed by atoms with van der Waals surface area (Å²) in [5, 5.41) is 11.1. The molecule has 4 aromatic rings. The molecule has 7 rings (SSSR count). The van der Waals surface area contributed by atoms with E-state index in [0.29, 0.717) is 0 Å². The molecule has 22 nitrogen and oxygen atoms in total. The number of aliphatic hydroxyl groups excluding tert-OH is 1. The topological polar surface area (TPSA) is 309 Å². The molecule has 0 spiro atoms. The first-order valence-electron chi connectivity index (χ1n) is 13.3. The number of H-pyrrole nitrogens is 1. The van der Waals surface area contributed by atoms with Gasteiger partial charge < -0.3 is 45.1 Å². The molecule has 0 radical (unpaired) electrons. The van der Waals surface area contributed by atoms with Gasteiger partial charge in [-0.25, -0.2) is 28.9 Å². The van der Waals surface area contributed by atoms with Gasteiger partial charge in [-0.15, -0.1) is 0 Å². The van der Waals surface area contributed by atoms with Crippen LogP contribution in [-0.2, 0) is 36.9 Å². The number of aliphatic hydroxyl groups is 1. The number of nitrogens with one attached hydrogen (secondary N) is 1. The zero-order valence-corrected chi connectivity index (χ0v) is 24.8. The van der Waals surface area contributed by atoms with Gasteiger partial charge in [-0.05, 0) is 0 Å². The number of hydrogen-bond donors (Lipinski definition) is 6. The third-order valence-corrected chi connectivity index (χ3v) is 9.50. The molecule has 3 aliphatic rings. The SMILES string of the molecule is Nc1nc2c(ncn2[C@@H]2O[C@@H]3COP(=O)(O)COC4C(O)[C@H](n5cnc6c(N)ncnc65)O[C@@H]4COP(=O)(O)OC3C2F)c(=O)[nH]1. The smallest absolute Gasteiger partial charge is 0.386 e. The second-order valence-electron chi connectivity index (χ2n) is 10.5. The number of nitrogen functional groups attached to an aromatic ring is 2. The number of halogens is 1. The molecule has 0 bridgehead atoms. The number of anilines is 2. The third kappa shape index (κ3) is 5.48. The maximum Gasteiger partial charge on any atom is 0.472 e. The molecule has 25 heteroatoms. The predicted molar refractivity (Wildman–Crippen MR) is 147 cm³/mol. The van der Waals surface area contributed by atoms with E-state index in [1.54, 1.807) is 0 Å². The number of rotatable bonds is 2. The molecular formula is C21H25FN10O12P2. The van der Waals surface area contributed by atoms with E-state index >= 15 is 4.39 Å². The van der Waals surface area contributed by atoms with Crippen LogP contribution in [0.3, 0.4) is 0 Å². The minimum Gasteiger partial charge on any atom is -0.386 e. The largest absolute Gasteiger partial charge is 0.472 e. The maximum atomic E-state index is 16.0. The van der Waals surface area contributed by atoms with Crippen molar-refractivity contribution in [3.8, 4) is 0 Å². The fourth-order valence-corrected chi connectivity index (χ4v) is 7.18. The van der Waals surface area contributed by atoms with Crippen LogP contribution >= 0.6 is 15.4 Å². The predicted octanol–water partition coefficient (Wildman–Crippen LogP) is -1.32. The Morgan fingerprint density at radius 2 is 1.61 bits per heavy atom. The van der Waals surface area contributed by atoms with E-state index in [4.69, 9.17) is 39.2 Å². The van der Waals surface area contributed by atoms with E-state index < -0.39 is 89.7 Å². The van der Waals surface area contributed by atoms with Crippen LogP contribution in [0.15, 0.2) is 23.8 Å². The Kier molecular flexibility index (Phi) is 7.68. The Hall–Kier alpha value is -3.47. The number of ether oxygens (including phenoxy) is 3. The number of phosphoric acid groups is 1. The summed E-state index contributed by atoms with van der Waals surface area (Å²) in [5.74, 6) is -0.254. The van der Waals surface area contributed by atoms with Crippen LogP contribution in [0.25, 0.3) is 22.3 Å². The second-order valence-corrected chi connectivity index (χ2v) is 13.6. The molecule has 0 amide bonds. The quantitative estimate of drug-likeness (QED) is 0.133. The van der Waals surface area contributed by atoms with Crippen LogP contribution < -0.4 is 17.0 Å². The van der Waals surface area contributed by atoms with E-state index in [1.807, 2.05) is 0 Å². The highest BCUT2D eigenvalue weighted by Crippen LogP contribution is 2.52. The van der Waals surface area contributed by atoms with Crippen LogP contribution in [0.1, 0.15) is 12.5 Å². The molecular weight excluding hydrogens is 665 g/mol. The fraction of sp³-hybridized carbons (Fsp3) is 0.524. The van der Waals surface area contributed by atoms with Crippen molar-refractivity contribution in [3.63, 3.8) is 0 Å². The molecule has 8 N–H and O–H groups in total. The van der Waals surface area contributed by atoms with Crippen LogP contribution in [0, 0.1) is 0 Å². The van der Waals surface area contributed by atoms with Crippen molar-refractivity contribution in [2.24, 2.45) is 0 Å². The van der Waals surface area contributed by atoms with Crippen molar-refractivity contribution in [3.05, 3.63) is 29.3 Å². The summed E-state index contributed by atoms with van der Waals surface area (Å²) in [4.78, 5) is 55.5. The van der Waals surface area contributed by atoms with E-state index in [2.05, 4.69) is 29.9 Å². The lowest BCUT2D eigenvalue weighted by Crippen LogP contribution is -2.37. The number of phosphoric ester groups is 1. The van der Waals surface area contributed by atoms with Crippen LogP contribution in [-0.4, -0.2) is 110 Å². The van der Waals surface area contributed by atoms with E-state index in [9.17, 15) is 28.8 Å². The van der Waals surface area contributed by atoms with Crippen molar-refractivity contribution in [2.75, 3.05) is 31.0 Å². The molecule has 0 aromatic carbocycles. The Morgan fingerprint density at radius 1 is 0.935 bits per heavy atom. The number of aromatic nitrogens is 8. The lowest BCUT2D eigenvalue weighted by Gasteiger charge is -2.23. The summed E-state index contributed by atoms with van der Waals surface area (Å²) in [6, 6.07) is 0. The van der Waals surface area contributed by atoms with Gasteiger partial charge >= 0.3 is 15.4 Å². The number of aromatic amines is 1. The van der Waals surface area contributed by atoms with Crippen molar-refractivity contribution in [1.29, 1.82) is 0 Å². The average Bonchev–Trinajstić information content (AvgIpc) is 3.75. The molecule has 3 saturated heterocycles. The molecule has 0 saturated carbocycles. The molecule has 10 atom stereocenters. The monoisotopic (exact) mass is 690 g/mol. The van der Waals surface area contributed by atoms with Gasteiger partial charge in [0.25, 0.3) is 5.56 Å². The Morgan fingerprint density at radius 3 is 2.39 bits per heavy atom. The summed E-state index contributed by atoms with van der Waals surface area (Å²) >= 11 is 0. The highest BCUT2D eigenvalue weighted by molar-refractivity contribution is 7.52. The molecule has 7 heterocycles. The first kappa shape index (κ1) is 31.1. The molecule has 4 aromatic heterocycles. The summed E-state index contributed by atoms with van der Waals surface area (Å²) in [6.07, 6.45) is -10.6. The van der Waals surface area contributed by atoms with Gasteiger partial charge in [0, 0.05) is 0 Å². The number of imidazole rings is 2. The zero-order chi connectivity index (χ0) is 32.5. The van der Waals surface area contributed by atoms with E-state index in [0.717, 1.165) is 17.2 Å². The summed E-state index contributed by atoms with van der Waals surface area (Å²) in [5.41, 5.74) is 10.7. The van der Waals surface area contributed by atoms with Gasteiger partial charge in [-0.2, -0.15) is 4.98 Å². The van der Waals surface area contributed by atoms with Crippen LogP contribution in [0.2, 0.25) is 0 Å². The van der Waals surface area contributed by atoms with Gasteiger partial charge in [-0.1, -0.05) is 0 Å². The van der Waals surface area contributed by atoms with Gasteiger partial charge in [0.15, 0.2) is 41.3 Å². The van der Waals surface area contributed by atoms with Gasteiger partial charge in [0.2, 0.25) is 5.95 Å². The lowest BCUT2D eigenvalue weighted by atomic mass is 10.1. The summed E-state index contributed by atoms with van der Waals surface area (Å²) in [6.45, 7) is -1.61. The van der Waals surface area contributed by atoms with Crippen molar-refractivity contribution < 1.29 is 56.2 Å². The van der Waals surface area contributed by atoms with Crippen LogP contribution in [0.5, 0.6) is 0 Å². The van der Waals surface area contributed by atoms with Gasteiger partial charge in [0.1, 0.15) is 48.7 Å². The van der Waals surface area contributed by atoms with E-state index in [1.165, 1.54) is 10.9 Å². The second kappa shape index (κ2) is 11.3. The minimum atomic E-state index is -5.15. The van der Waals surface area contributed by atoms with Crippen molar-refractivity contribution >= 4 is 49.5 Å². The van der Waals surface area contributed by atoms with Gasteiger partial charge in [-0.3, -0.25) is 32.5 Å². The van der Waals surface area contributed by atoms with Crippen molar-refractivity contribution in [2.45, 2.75) is 49.1 Å². The zero-order valence-electron chi connectivity index (χ0n) is 23.0. The van der Waals surface area contributed by atoms with Crippen molar-refractivity contribution in [1.82, 2.24) is 39.0 Å². The number of hydrogen-bond acceptors (Lipinski definition) is 17. The average molecular weight is 690 g/mol. The minimum absolute atomic E-state index is 0.0491. The Labute approximate surface area is 254 Å². The first-order valence-corrected chi connectivity index (χ1v) is 16.6. The molecule has 248 valence electrons. The van der Waals surface area contributed by atoms with E-state index in [-0.39, 0.29) is 34.1 Å². The highest BCUT2D eigenvalue weighted by atomic mass is 31.2. The molecule has 3 aliphatic heterocycles. The number of nitrogens with zero attached hydrogens (tertiary/aromatic N) is 7. The standard InChI is InChI=1S/C21H25FN10O12P2/c22-9-13-7(42-19(9)32-5-28-11-17(32)29-21(24)30-18(11)34)1-40-45(35,36)6-39-14-8(2-41-46(37,38)44-13)43-20(12(14)33)31-4-27-10-15(23)25-3-26-16(10)31/h3-5,7-9,12-14,19-20,33H,1-2,6H2,(H,35,36)(H,37,38)(H2,23,25,26)(H3,24,29,30,34)/t7-,8-,9?,12?,13?,14?,19-,20-/m1/s1. The Balaban J connectivity index is 1.16. The summed E-state index contributed by atoms with van der Waals surface area (Å²) in [7, 11) is -9.81. The summed E-state index contributed by atoms with van der Waals surface area (Å²) < 4.78 is 76.9. The molecule has 0 aliphatic carbocycles. The maximum absolute atomic E-state index is 16.0. The molecule has 3 fully saturated rings. The normalized spacial score (nSPS) is 37.4. The van der Waals surface area contributed by atoms with Gasteiger partial charge in [0.05, 0.1) is 25.9 Å². The fourth-order valence-electron chi connectivity index (χ4n) is 5.41. The molecule has 46 heavy (non-hydrogen) atoms. The lowest BCUT2D eigenvalue weighted by molar-refractivity contribution is -0.0586. The number of nitrogens with two attached hydrogens (primary N) is 2. The van der Waals surface area contributed by atoms with Crippen LogP contribution in [0.4, 0.5) is 16.2 Å². The molecule has 6 unspecified atom stereocenters. The first-order chi connectivity index (χ1) is 21.8.